The van der Waals surface area contributed by atoms with E-state index in [4.69, 9.17) is 31.2 Å². The van der Waals surface area contributed by atoms with Gasteiger partial charge in [-0.3, -0.25) is 14.4 Å². The molecule has 4 rings (SSSR count). The van der Waals surface area contributed by atoms with Crippen LogP contribution in [-0.2, 0) is 19.1 Å². The highest BCUT2D eigenvalue weighted by atomic mass is 32.2. The summed E-state index contributed by atoms with van der Waals surface area (Å²) >= 11 is 7.09. The van der Waals surface area contributed by atoms with E-state index in [1.807, 2.05) is 42.7 Å². The second-order valence-electron chi connectivity index (χ2n) is 12.9. The number of hydrogen-bond acceptors (Lipinski definition) is 10. The Morgan fingerprint density at radius 3 is 2.18 bits per heavy atom. The molecule has 270 valence electrons. The number of para-hydroxylation sites is 1. The third kappa shape index (κ3) is 9.77. The molecule has 0 heterocycles. The maximum atomic E-state index is 14.6. The molecule has 0 fully saturated rings. The molecule has 0 radical (unpaired) electrons. The number of hydrazine groups is 1. The number of amides is 1. The van der Waals surface area contributed by atoms with Crippen molar-refractivity contribution >= 4 is 57.8 Å². The van der Waals surface area contributed by atoms with E-state index in [2.05, 4.69) is 0 Å². The van der Waals surface area contributed by atoms with E-state index in [1.54, 1.807) is 81.3 Å². The molecule has 0 spiro atoms. The summed E-state index contributed by atoms with van der Waals surface area (Å²) in [6.45, 7) is 7.13. The second-order valence-corrected chi connectivity index (χ2v) is 14.3. The van der Waals surface area contributed by atoms with Crippen LogP contribution in [0, 0.1) is 10.8 Å². The zero-order valence-electron chi connectivity index (χ0n) is 29.8. The lowest BCUT2D eigenvalue weighted by molar-refractivity contribution is -0.154. The molecule has 0 saturated carbocycles. The topological polar surface area (TPSA) is 112 Å². The summed E-state index contributed by atoms with van der Waals surface area (Å²) in [5.74, 6) is -1.48. The first kappa shape index (κ1) is 39.1. The molecule has 0 aliphatic heterocycles. The number of esters is 3. The van der Waals surface area contributed by atoms with Gasteiger partial charge in [-0.25, -0.2) is 14.8 Å². The van der Waals surface area contributed by atoms with Crippen LogP contribution in [-0.4, -0.2) is 65.8 Å². The lowest BCUT2D eigenvalue weighted by Crippen LogP contribution is -2.51. The Labute approximate surface area is 309 Å². The normalized spacial score (nSPS) is 16.8. The SMILES string of the molecule is CCOC(=O)C1(CCN(C(=O)c2ccc(OC)c(OC(=O)C(C)(C)C)c2)N(C(=S)SC)c2ccccc2)C=CC(OC(=O)c2ccccc2)CC1. The minimum Gasteiger partial charge on any atom is -0.493 e. The Morgan fingerprint density at radius 1 is 0.941 bits per heavy atom. The van der Waals surface area contributed by atoms with E-state index in [0.717, 1.165) is 0 Å². The third-order valence-corrected chi connectivity index (χ3v) is 9.47. The van der Waals surface area contributed by atoms with Gasteiger partial charge in [0.2, 0.25) is 0 Å². The van der Waals surface area contributed by atoms with Gasteiger partial charge in [0, 0.05) is 12.1 Å². The number of thioether (sulfide) groups is 1. The summed E-state index contributed by atoms with van der Waals surface area (Å²) in [5, 5.41) is 3.13. The lowest BCUT2D eigenvalue weighted by atomic mass is 9.75. The van der Waals surface area contributed by atoms with Crippen molar-refractivity contribution in [3.05, 3.63) is 102 Å². The van der Waals surface area contributed by atoms with Gasteiger partial charge in [0.25, 0.3) is 5.91 Å². The number of hydrogen-bond donors (Lipinski definition) is 0. The number of nitrogens with zero attached hydrogens (tertiary/aromatic N) is 2. The van der Waals surface area contributed by atoms with Gasteiger partial charge in [-0.05, 0) is 102 Å². The van der Waals surface area contributed by atoms with Crippen molar-refractivity contribution < 1.29 is 38.1 Å². The Balaban J connectivity index is 1.71. The van der Waals surface area contributed by atoms with Crippen molar-refractivity contribution in [3.8, 4) is 11.5 Å². The molecule has 0 aromatic heterocycles. The molecular weight excluding hydrogens is 689 g/mol. The molecule has 51 heavy (non-hydrogen) atoms. The molecule has 12 heteroatoms. The summed E-state index contributed by atoms with van der Waals surface area (Å²) in [6, 6.07) is 22.5. The predicted molar refractivity (Wildman–Crippen MR) is 202 cm³/mol. The highest BCUT2D eigenvalue weighted by Crippen LogP contribution is 2.39. The molecule has 1 aliphatic carbocycles. The van der Waals surface area contributed by atoms with Gasteiger partial charge in [0.05, 0.1) is 35.8 Å². The molecule has 10 nitrogen and oxygen atoms in total. The zero-order valence-corrected chi connectivity index (χ0v) is 31.4. The van der Waals surface area contributed by atoms with E-state index in [1.165, 1.54) is 29.9 Å². The molecule has 0 saturated heterocycles. The average Bonchev–Trinajstić information content (AvgIpc) is 3.13. The fourth-order valence-corrected chi connectivity index (χ4v) is 5.97. The van der Waals surface area contributed by atoms with Gasteiger partial charge < -0.3 is 18.9 Å². The molecule has 2 atom stereocenters. The van der Waals surface area contributed by atoms with Crippen molar-refractivity contribution in [2.45, 2.75) is 53.1 Å². The summed E-state index contributed by atoms with van der Waals surface area (Å²) in [6.07, 6.45) is 5.57. The first-order chi connectivity index (χ1) is 24.3. The Bertz CT molecular complexity index is 1740. The van der Waals surface area contributed by atoms with Crippen molar-refractivity contribution in [1.82, 2.24) is 5.01 Å². The number of thiocarbonyl (C=S) groups is 1. The minimum atomic E-state index is -1.12. The summed E-state index contributed by atoms with van der Waals surface area (Å²) in [5.41, 5.74) is -0.659. The number of carbonyl (C=O) groups is 4. The molecule has 2 unspecified atom stereocenters. The van der Waals surface area contributed by atoms with Crippen LogP contribution in [0.1, 0.15) is 67.7 Å². The van der Waals surface area contributed by atoms with Crippen LogP contribution in [0.5, 0.6) is 11.5 Å². The molecule has 3 aromatic rings. The number of carbonyl (C=O) groups excluding carboxylic acids is 4. The number of rotatable bonds is 11. The van der Waals surface area contributed by atoms with E-state index >= 15 is 0 Å². The summed E-state index contributed by atoms with van der Waals surface area (Å²) in [7, 11) is 1.45. The van der Waals surface area contributed by atoms with Gasteiger partial charge in [-0.15, -0.1) is 0 Å². The van der Waals surface area contributed by atoms with Crippen molar-refractivity contribution in [3.63, 3.8) is 0 Å². The highest BCUT2D eigenvalue weighted by Gasteiger charge is 2.42. The number of methoxy groups -OCH3 is 1. The minimum absolute atomic E-state index is 0.0369. The van der Waals surface area contributed by atoms with Crippen LogP contribution in [0.2, 0.25) is 0 Å². The molecule has 0 bridgehead atoms. The number of benzene rings is 3. The fraction of sp³-hybridized carbons (Fsp3) is 0.359. The predicted octanol–water partition coefficient (Wildman–Crippen LogP) is 7.67. The van der Waals surface area contributed by atoms with E-state index in [-0.39, 0.29) is 36.6 Å². The van der Waals surface area contributed by atoms with E-state index in [0.29, 0.717) is 28.4 Å². The number of anilines is 1. The first-order valence-corrected chi connectivity index (χ1v) is 18.2. The van der Waals surface area contributed by atoms with E-state index in [9.17, 15) is 19.2 Å². The van der Waals surface area contributed by atoms with Crippen LogP contribution >= 0.6 is 24.0 Å². The monoisotopic (exact) mass is 732 g/mol. The van der Waals surface area contributed by atoms with Crippen LogP contribution in [0.25, 0.3) is 0 Å². The van der Waals surface area contributed by atoms with Crippen LogP contribution in [0.4, 0.5) is 5.69 Å². The molecular formula is C39H44N2O8S2. The molecule has 0 N–H and O–H groups in total. The van der Waals surface area contributed by atoms with Crippen LogP contribution in [0.15, 0.2) is 91.0 Å². The molecule has 1 aliphatic rings. The molecule has 3 aromatic carbocycles. The van der Waals surface area contributed by atoms with Gasteiger partial charge in [0.15, 0.2) is 15.8 Å². The standard InChI is InChI=1S/C39H44N2O8S2/c1-7-47-36(45)39(22-20-30(21-23-39)48-34(43)27-14-10-8-11-15-27)24-25-40(41(37(50)51-6)29-16-12-9-13-17-29)33(42)28-18-19-31(46-5)32(26-28)49-35(44)38(2,3)4/h8-20,22,26,30H,7,21,23-25H2,1-6H3. The van der Waals surface area contributed by atoms with Crippen LogP contribution in [0.3, 0.4) is 0 Å². The maximum absolute atomic E-state index is 14.6. The maximum Gasteiger partial charge on any atom is 0.338 e. The van der Waals surface area contributed by atoms with Crippen molar-refractivity contribution in [2.24, 2.45) is 10.8 Å². The highest BCUT2D eigenvalue weighted by molar-refractivity contribution is 8.22. The van der Waals surface area contributed by atoms with Gasteiger partial charge in [0.1, 0.15) is 6.10 Å². The Morgan fingerprint density at radius 2 is 1.61 bits per heavy atom. The quantitative estimate of drug-likeness (QED) is 0.0637. The number of ether oxygens (including phenoxy) is 4. The average molecular weight is 733 g/mol. The fourth-order valence-electron chi connectivity index (χ4n) is 5.39. The second kappa shape index (κ2) is 17.5. The molecule has 1 amide bonds. The zero-order chi connectivity index (χ0) is 37.2. The van der Waals surface area contributed by atoms with Crippen LogP contribution < -0.4 is 14.5 Å². The Kier molecular flexibility index (Phi) is 13.4. The van der Waals surface area contributed by atoms with Crippen molar-refractivity contribution in [2.75, 3.05) is 31.5 Å². The first-order valence-electron chi connectivity index (χ1n) is 16.6. The van der Waals surface area contributed by atoms with Crippen molar-refractivity contribution in [1.29, 1.82) is 0 Å². The lowest BCUT2D eigenvalue weighted by Gasteiger charge is -2.39. The third-order valence-electron chi connectivity index (χ3n) is 8.27. The van der Waals surface area contributed by atoms with Gasteiger partial charge in [-0.2, -0.15) is 0 Å². The van der Waals surface area contributed by atoms with Gasteiger partial charge >= 0.3 is 17.9 Å². The van der Waals surface area contributed by atoms with Gasteiger partial charge in [-0.1, -0.05) is 66.5 Å². The Hall–Kier alpha value is -4.68. The largest absolute Gasteiger partial charge is 0.493 e. The smallest absolute Gasteiger partial charge is 0.338 e. The van der Waals surface area contributed by atoms with E-state index < -0.39 is 40.7 Å². The summed E-state index contributed by atoms with van der Waals surface area (Å²) < 4.78 is 22.8. The summed E-state index contributed by atoms with van der Waals surface area (Å²) in [4.78, 5) is 53.9.